The molecule has 90 valence electrons. The minimum absolute atomic E-state index is 0.411. The quantitative estimate of drug-likeness (QED) is 0.709. The van der Waals surface area contributed by atoms with Crippen molar-refractivity contribution in [1.82, 2.24) is 19.9 Å². The van der Waals surface area contributed by atoms with Gasteiger partial charge in [0.1, 0.15) is 17.7 Å². The summed E-state index contributed by atoms with van der Waals surface area (Å²) < 4.78 is 0. The molecule has 1 aliphatic rings. The maximum absolute atomic E-state index is 5.79. The molecule has 17 heavy (non-hydrogen) atoms. The summed E-state index contributed by atoms with van der Waals surface area (Å²) in [4.78, 5) is 15.8. The van der Waals surface area contributed by atoms with Crippen LogP contribution in [0, 0.1) is 5.92 Å². The van der Waals surface area contributed by atoms with Gasteiger partial charge in [0.25, 0.3) is 0 Å². The molecule has 0 aliphatic heterocycles. The van der Waals surface area contributed by atoms with E-state index in [1.807, 2.05) is 0 Å². The van der Waals surface area contributed by atoms with Crippen LogP contribution in [0.1, 0.15) is 31.0 Å². The highest BCUT2D eigenvalue weighted by Crippen LogP contribution is 2.38. The van der Waals surface area contributed by atoms with Crippen molar-refractivity contribution in [2.45, 2.75) is 25.2 Å². The van der Waals surface area contributed by atoms with Crippen LogP contribution in [0.15, 0.2) is 6.33 Å². The molecule has 2 aromatic rings. The highest BCUT2D eigenvalue weighted by molar-refractivity contribution is 5.81. The van der Waals surface area contributed by atoms with Crippen LogP contribution in [-0.4, -0.2) is 26.5 Å². The lowest BCUT2D eigenvalue weighted by Gasteiger charge is -2.14. The summed E-state index contributed by atoms with van der Waals surface area (Å²) in [6, 6.07) is 0. The zero-order valence-electron chi connectivity index (χ0n) is 9.56. The number of fused-ring (bicyclic) bond motifs is 1. The van der Waals surface area contributed by atoms with E-state index in [1.165, 1.54) is 19.2 Å². The van der Waals surface area contributed by atoms with Gasteiger partial charge in [-0.3, -0.25) is 0 Å². The van der Waals surface area contributed by atoms with Gasteiger partial charge < -0.3 is 16.5 Å². The first-order chi connectivity index (χ1) is 8.29. The van der Waals surface area contributed by atoms with Crippen LogP contribution in [-0.2, 0) is 0 Å². The summed E-state index contributed by atoms with van der Waals surface area (Å²) in [5.74, 6) is 2.34. The predicted molar refractivity (Wildman–Crippen MR) is 65.2 cm³/mol. The first-order valence-electron chi connectivity index (χ1n) is 5.95. The zero-order valence-corrected chi connectivity index (χ0v) is 9.56. The van der Waals surface area contributed by atoms with E-state index < -0.39 is 0 Å². The van der Waals surface area contributed by atoms with E-state index in [0.717, 1.165) is 17.8 Å². The molecule has 3 rings (SSSR count). The summed E-state index contributed by atoms with van der Waals surface area (Å²) in [5.41, 5.74) is 13.0. The number of nitrogens with zero attached hydrogens (tertiary/aromatic N) is 3. The fourth-order valence-corrected chi connectivity index (χ4v) is 2.72. The lowest BCUT2D eigenvalue weighted by molar-refractivity contribution is 0.481. The molecule has 2 atom stereocenters. The van der Waals surface area contributed by atoms with Gasteiger partial charge in [-0.25, -0.2) is 15.0 Å². The Morgan fingerprint density at radius 3 is 3.00 bits per heavy atom. The van der Waals surface area contributed by atoms with Gasteiger partial charge in [-0.15, -0.1) is 0 Å². The molecular formula is C11H16N6. The lowest BCUT2D eigenvalue weighted by atomic mass is 9.96. The molecular weight excluding hydrogens is 216 g/mol. The Morgan fingerprint density at radius 1 is 1.35 bits per heavy atom. The van der Waals surface area contributed by atoms with Crippen molar-refractivity contribution in [3.63, 3.8) is 0 Å². The summed E-state index contributed by atoms with van der Waals surface area (Å²) in [7, 11) is 0. The predicted octanol–water partition coefficient (Wildman–Crippen LogP) is 0.778. The van der Waals surface area contributed by atoms with Crippen LogP contribution in [0.5, 0.6) is 0 Å². The Balaban J connectivity index is 2.03. The highest BCUT2D eigenvalue weighted by Gasteiger charge is 2.30. The Hall–Kier alpha value is -1.69. The van der Waals surface area contributed by atoms with Crippen molar-refractivity contribution in [1.29, 1.82) is 0 Å². The maximum atomic E-state index is 5.79. The molecule has 2 aromatic heterocycles. The van der Waals surface area contributed by atoms with E-state index in [9.17, 15) is 0 Å². The smallest absolute Gasteiger partial charge is 0.183 e. The van der Waals surface area contributed by atoms with Crippen molar-refractivity contribution in [2.24, 2.45) is 11.7 Å². The maximum Gasteiger partial charge on any atom is 0.183 e. The average molecular weight is 232 g/mol. The molecule has 0 spiro atoms. The van der Waals surface area contributed by atoms with E-state index in [4.69, 9.17) is 11.5 Å². The Labute approximate surface area is 98.8 Å². The fraction of sp³-hybridized carbons (Fsp3) is 0.545. The van der Waals surface area contributed by atoms with Crippen molar-refractivity contribution in [2.75, 3.05) is 12.3 Å². The van der Waals surface area contributed by atoms with E-state index in [2.05, 4.69) is 19.9 Å². The van der Waals surface area contributed by atoms with Crippen LogP contribution in [0.25, 0.3) is 11.2 Å². The number of aromatic amines is 1. The Bertz CT molecular complexity index is 534. The van der Waals surface area contributed by atoms with Crippen LogP contribution in [0.3, 0.4) is 0 Å². The SMILES string of the molecule is NCC1CCCC1c1nc2ncnc(N)c2[nH]1. The van der Waals surface area contributed by atoms with Crippen LogP contribution >= 0.6 is 0 Å². The minimum Gasteiger partial charge on any atom is -0.382 e. The number of hydrogen-bond donors (Lipinski definition) is 3. The normalized spacial score (nSPS) is 24.5. The highest BCUT2D eigenvalue weighted by atomic mass is 15.1. The molecule has 1 saturated carbocycles. The Morgan fingerprint density at radius 2 is 2.24 bits per heavy atom. The fourth-order valence-electron chi connectivity index (χ4n) is 2.72. The number of nitrogens with two attached hydrogens (primary N) is 2. The number of aromatic nitrogens is 4. The molecule has 6 heteroatoms. The lowest BCUT2D eigenvalue weighted by Crippen LogP contribution is -2.17. The van der Waals surface area contributed by atoms with Crippen LogP contribution in [0.2, 0.25) is 0 Å². The van der Waals surface area contributed by atoms with E-state index in [0.29, 0.717) is 29.8 Å². The third kappa shape index (κ3) is 1.64. The number of imidazole rings is 1. The largest absolute Gasteiger partial charge is 0.382 e. The van der Waals surface area contributed by atoms with Crippen LogP contribution in [0.4, 0.5) is 5.82 Å². The van der Waals surface area contributed by atoms with Gasteiger partial charge in [0.2, 0.25) is 0 Å². The summed E-state index contributed by atoms with van der Waals surface area (Å²) in [6.45, 7) is 0.711. The van der Waals surface area contributed by atoms with E-state index >= 15 is 0 Å². The van der Waals surface area contributed by atoms with Crippen molar-refractivity contribution >= 4 is 17.0 Å². The molecule has 0 saturated heterocycles. The second-order valence-corrected chi connectivity index (χ2v) is 4.61. The summed E-state index contributed by atoms with van der Waals surface area (Å²) >= 11 is 0. The number of anilines is 1. The third-order valence-electron chi connectivity index (χ3n) is 3.65. The molecule has 6 nitrogen and oxygen atoms in total. The molecule has 0 bridgehead atoms. The van der Waals surface area contributed by atoms with Gasteiger partial charge in [0.15, 0.2) is 11.5 Å². The summed E-state index contributed by atoms with van der Waals surface area (Å²) in [6.07, 6.45) is 4.97. The Kier molecular flexibility index (Phi) is 2.44. The van der Waals surface area contributed by atoms with Crippen LogP contribution < -0.4 is 11.5 Å². The van der Waals surface area contributed by atoms with E-state index in [-0.39, 0.29) is 0 Å². The molecule has 0 amide bonds. The van der Waals surface area contributed by atoms with Gasteiger partial charge in [0.05, 0.1) is 0 Å². The van der Waals surface area contributed by atoms with Gasteiger partial charge in [-0.1, -0.05) is 6.42 Å². The monoisotopic (exact) mass is 232 g/mol. The topological polar surface area (TPSA) is 106 Å². The second kappa shape index (κ2) is 3.96. The standard InChI is InChI=1S/C11H16N6/c12-4-6-2-1-3-7(6)10-16-8-9(13)14-5-15-11(8)17-10/h5-7H,1-4,12H2,(H3,13,14,15,16,17). The molecule has 1 fully saturated rings. The summed E-state index contributed by atoms with van der Waals surface area (Å²) in [5, 5.41) is 0. The van der Waals surface area contributed by atoms with Gasteiger partial charge in [-0.2, -0.15) is 0 Å². The molecule has 0 aromatic carbocycles. The van der Waals surface area contributed by atoms with E-state index in [1.54, 1.807) is 0 Å². The number of nitrogens with one attached hydrogen (secondary N) is 1. The van der Waals surface area contributed by atoms with Crippen molar-refractivity contribution < 1.29 is 0 Å². The zero-order chi connectivity index (χ0) is 11.8. The first kappa shape index (κ1) is 10.5. The number of rotatable bonds is 2. The number of H-pyrrole nitrogens is 1. The molecule has 0 radical (unpaired) electrons. The second-order valence-electron chi connectivity index (χ2n) is 4.61. The molecule has 5 N–H and O–H groups in total. The van der Waals surface area contributed by atoms with Crippen molar-refractivity contribution in [3.8, 4) is 0 Å². The first-order valence-corrected chi connectivity index (χ1v) is 5.95. The number of nitrogen functional groups attached to an aromatic ring is 1. The molecule has 1 aliphatic carbocycles. The third-order valence-corrected chi connectivity index (χ3v) is 3.65. The van der Waals surface area contributed by atoms with Gasteiger partial charge >= 0.3 is 0 Å². The minimum atomic E-state index is 0.411. The van der Waals surface area contributed by atoms with Crippen molar-refractivity contribution in [3.05, 3.63) is 12.2 Å². The average Bonchev–Trinajstić information content (AvgIpc) is 2.94. The van der Waals surface area contributed by atoms with Gasteiger partial charge in [-0.05, 0) is 25.3 Å². The number of hydrogen-bond acceptors (Lipinski definition) is 5. The van der Waals surface area contributed by atoms with Gasteiger partial charge in [0, 0.05) is 5.92 Å². The molecule has 2 heterocycles. The molecule has 2 unspecified atom stereocenters.